The van der Waals surface area contributed by atoms with Gasteiger partial charge in [-0.2, -0.15) is 0 Å². The average Bonchev–Trinajstić information content (AvgIpc) is 2.79. The molecule has 1 N–H and O–H groups in total. The summed E-state index contributed by atoms with van der Waals surface area (Å²) in [5.74, 6) is 0.0245. The number of benzene rings is 2. The standard InChI is InChI=1S/C22H26ClN3O6S/c1-15-7-3-4-8-18(15)24-22(27)14-25(19-9-5-6-10-20(19)32-2)33(30,31)21-13-16(26(28)29)11-12-17(21)23/h5-6,9-13,15,18H,3-4,7-8,14H2,1-2H3,(H,24,27). The van der Waals surface area contributed by atoms with E-state index in [1.807, 2.05) is 0 Å². The van der Waals surface area contributed by atoms with Gasteiger partial charge in [0.1, 0.15) is 17.2 Å². The molecular weight excluding hydrogens is 470 g/mol. The molecule has 2 aromatic carbocycles. The van der Waals surface area contributed by atoms with Crippen LogP contribution in [0.5, 0.6) is 5.75 Å². The summed E-state index contributed by atoms with van der Waals surface area (Å²) in [5.41, 5.74) is -0.312. The fourth-order valence-corrected chi connectivity index (χ4v) is 5.90. The summed E-state index contributed by atoms with van der Waals surface area (Å²) in [6.07, 6.45) is 3.90. The van der Waals surface area contributed by atoms with Crippen LogP contribution in [0.2, 0.25) is 5.02 Å². The lowest BCUT2D eigenvalue weighted by Crippen LogP contribution is -2.47. The van der Waals surface area contributed by atoms with E-state index in [1.54, 1.807) is 18.2 Å². The number of hydrogen-bond acceptors (Lipinski definition) is 6. The van der Waals surface area contributed by atoms with Crippen molar-refractivity contribution in [3.05, 3.63) is 57.6 Å². The van der Waals surface area contributed by atoms with Gasteiger partial charge in [0.2, 0.25) is 5.91 Å². The van der Waals surface area contributed by atoms with E-state index in [2.05, 4.69) is 12.2 Å². The molecule has 178 valence electrons. The minimum Gasteiger partial charge on any atom is -0.495 e. The van der Waals surface area contributed by atoms with Gasteiger partial charge in [-0.1, -0.05) is 43.5 Å². The Bertz CT molecular complexity index is 1140. The Morgan fingerprint density at radius 1 is 1.24 bits per heavy atom. The van der Waals surface area contributed by atoms with E-state index in [4.69, 9.17) is 16.3 Å². The molecule has 1 amide bonds. The Kier molecular flexibility index (Phi) is 7.80. The third kappa shape index (κ3) is 5.56. The number of carbonyl (C=O) groups is 1. The summed E-state index contributed by atoms with van der Waals surface area (Å²) in [4.78, 5) is 23.0. The molecule has 33 heavy (non-hydrogen) atoms. The summed E-state index contributed by atoms with van der Waals surface area (Å²) in [7, 11) is -3.08. The number of nitrogens with zero attached hydrogens (tertiary/aromatic N) is 2. The monoisotopic (exact) mass is 495 g/mol. The van der Waals surface area contributed by atoms with Crippen molar-refractivity contribution >= 4 is 38.9 Å². The van der Waals surface area contributed by atoms with Crippen molar-refractivity contribution in [2.75, 3.05) is 18.0 Å². The number of ether oxygens (including phenoxy) is 1. The molecule has 9 nitrogen and oxygen atoms in total. The Morgan fingerprint density at radius 2 is 1.94 bits per heavy atom. The number of carbonyl (C=O) groups excluding carboxylic acids is 1. The van der Waals surface area contributed by atoms with Crippen LogP contribution in [0, 0.1) is 16.0 Å². The third-order valence-corrected chi connectivity index (χ3v) is 8.03. The van der Waals surface area contributed by atoms with Crippen molar-refractivity contribution in [3.8, 4) is 5.75 Å². The number of para-hydroxylation sites is 2. The SMILES string of the molecule is COc1ccccc1N(CC(=O)NC1CCCCC1C)S(=O)(=O)c1cc([N+](=O)[O-])ccc1Cl. The van der Waals surface area contributed by atoms with E-state index >= 15 is 0 Å². The Balaban J connectivity index is 2.03. The number of methoxy groups -OCH3 is 1. The average molecular weight is 496 g/mol. The molecule has 1 aliphatic carbocycles. The minimum absolute atomic E-state index is 0.0464. The van der Waals surface area contributed by atoms with Crippen LogP contribution in [0.15, 0.2) is 47.4 Å². The molecule has 0 aromatic heterocycles. The van der Waals surface area contributed by atoms with Crippen LogP contribution < -0.4 is 14.4 Å². The molecule has 2 unspecified atom stereocenters. The maximum Gasteiger partial charge on any atom is 0.270 e. The molecule has 11 heteroatoms. The van der Waals surface area contributed by atoms with Crippen LogP contribution >= 0.6 is 11.6 Å². The molecule has 0 bridgehead atoms. The molecule has 2 aromatic rings. The van der Waals surface area contributed by atoms with Crippen LogP contribution in [-0.2, 0) is 14.8 Å². The number of halogens is 1. The van der Waals surface area contributed by atoms with Crippen LogP contribution in [-0.4, -0.2) is 38.9 Å². The first-order chi connectivity index (χ1) is 15.6. The summed E-state index contributed by atoms with van der Waals surface area (Å²) in [6, 6.07) is 9.44. The molecule has 1 fully saturated rings. The molecule has 0 radical (unpaired) electrons. The molecule has 0 heterocycles. The quantitative estimate of drug-likeness (QED) is 0.434. The lowest BCUT2D eigenvalue weighted by atomic mass is 9.86. The van der Waals surface area contributed by atoms with Crippen LogP contribution in [0.3, 0.4) is 0 Å². The van der Waals surface area contributed by atoms with Gasteiger partial charge in [0.25, 0.3) is 15.7 Å². The third-order valence-electron chi connectivity index (χ3n) is 5.79. The van der Waals surface area contributed by atoms with E-state index in [9.17, 15) is 23.3 Å². The van der Waals surface area contributed by atoms with E-state index in [-0.39, 0.29) is 28.4 Å². The fourth-order valence-electron chi connectivity index (χ4n) is 3.97. The van der Waals surface area contributed by atoms with Crippen LogP contribution in [0.4, 0.5) is 11.4 Å². The lowest BCUT2D eigenvalue weighted by molar-refractivity contribution is -0.385. The second kappa shape index (κ2) is 10.4. The summed E-state index contributed by atoms with van der Waals surface area (Å²) in [5, 5.41) is 14.0. The number of nitro benzene ring substituents is 1. The minimum atomic E-state index is -4.47. The molecule has 0 spiro atoms. The second-order valence-corrected chi connectivity index (χ2v) is 10.2. The van der Waals surface area contributed by atoms with E-state index in [0.29, 0.717) is 0 Å². The predicted octanol–water partition coefficient (Wildman–Crippen LogP) is 4.15. The number of rotatable bonds is 8. The molecular formula is C22H26ClN3O6S. The smallest absolute Gasteiger partial charge is 0.270 e. The van der Waals surface area contributed by atoms with Crippen LogP contribution in [0.1, 0.15) is 32.6 Å². The molecule has 3 rings (SSSR count). The van der Waals surface area contributed by atoms with Crippen molar-refractivity contribution in [1.29, 1.82) is 0 Å². The van der Waals surface area contributed by atoms with Crippen molar-refractivity contribution < 1.29 is 22.9 Å². The lowest BCUT2D eigenvalue weighted by Gasteiger charge is -2.31. The zero-order valence-corrected chi connectivity index (χ0v) is 19.9. The Labute approximate surface area is 197 Å². The number of nitrogens with one attached hydrogen (secondary N) is 1. The molecule has 1 aliphatic rings. The van der Waals surface area contributed by atoms with Crippen LogP contribution in [0.25, 0.3) is 0 Å². The van der Waals surface area contributed by atoms with Crippen molar-refractivity contribution in [2.24, 2.45) is 5.92 Å². The first-order valence-corrected chi connectivity index (χ1v) is 12.4. The van der Waals surface area contributed by atoms with E-state index in [1.165, 1.54) is 13.2 Å². The second-order valence-electron chi connectivity index (χ2n) is 7.99. The van der Waals surface area contributed by atoms with Crippen molar-refractivity contribution in [2.45, 2.75) is 43.5 Å². The first-order valence-electron chi connectivity index (χ1n) is 10.5. The predicted molar refractivity (Wildman–Crippen MR) is 125 cm³/mol. The normalized spacial score (nSPS) is 18.4. The summed E-state index contributed by atoms with van der Waals surface area (Å²) < 4.78 is 33.5. The molecule has 0 saturated heterocycles. The van der Waals surface area contributed by atoms with Gasteiger partial charge < -0.3 is 10.1 Å². The van der Waals surface area contributed by atoms with Gasteiger partial charge >= 0.3 is 0 Å². The topological polar surface area (TPSA) is 119 Å². The highest BCUT2D eigenvalue weighted by Crippen LogP contribution is 2.35. The summed E-state index contributed by atoms with van der Waals surface area (Å²) >= 11 is 6.14. The van der Waals surface area contributed by atoms with Gasteiger partial charge in [-0.05, 0) is 37.0 Å². The number of non-ortho nitro benzene ring substituents is 1. The molecule has 1 saturated carbocycles. The van der Waals surface area contributed by atoms with E-state index in [0.717, 1.165) is 48.2 Å². The highest BCUT2D eigenvalue weighted by molar-refractivity contribution is 7.93. The van der Waals surface area contributed by atoms with Crippen molar-refractivity contribution in [1.82, 2.24) is 5.32 Å². The summed E-state index contributed by atoms with van der Waals surface area (Å²) in [6.45, 7) is 1.52. The molecule has 0 aliphatic heterocycles. The highest BCUT2D eigenvalue weighted by Gasteiger charge is 2.33. The zero-order chi connectivity index (χ0) is 24.2. The van der Waals surface area contributed by atoms with Gasteiger partial charge in [-0.3, -0.25) is 19.2 Å². The number of nitro groups is 1. The largest absolute Gasteiger partial charge is 0.495 e. The Hall–Kier alpha value is -2.85. The Morgan fingerprint density at radius 3 is 2.61 bits per heavy atom. The van der Waals surface area contributed by atoms with Gasteiger partial charge in [0.15, 0.2) is 0 Å². The van der Waals surface area contributed by atoms with Gasteiger partial charge in [-0.15, -0.1) is 0 Å². The van der Waals surface area contributed by atoms with Gasteiger partial charge in [0, 0.05) is 18.2 Å². The zero-order valence-electron chi connectivity index (χ0n) is 18.4. The van der Waals surface area contributed by atoms with E-state index < -0.39 is 38.0 Å². The van der Waals surface area contributed by atoms with Gasteiger partial charge in [0.05, 0.1) is 22.7 Å². The first kappa shape index (κ1) is 24.8. The van der Waals surface area contributed by atoms with Crippen molar-refractivity contribution in [3.63, 3.8) is 0 Å². The molecule has 2 atom stereocenters. The number of sulfonamides is 1. The maximum absolute atomic E-state index is 13.7. The van der Waals surface area contributed by atoms with Gasteiger partial charge in [-0.25, -0.2) is 8.42 Å². The number of hydrogen-bond donors (Lipinski definition) is 1. The highest BCUT2D eigenvalue weighted by atomic mass is 35.5. The number of amides is 1. The fraction of sp³-hybridized carbons (Fsp3) is 0.409. The maximum atomic E-state index is 13.7. The number of anilines is 1.